The third-order valence-electron chi connectivity index (χ3n) is 11.6. The molecule has 0 heterocycles. The van der Waals surface area contributed by atoms with Gasteiger partial charge >= 0.3 is 0 Å². The normalized spacial score (nSPS) is 11.5. The molecule has 0 aliphatic rings. The van der Waals surface area contributed by atoms with Crippen LogP contribution in [0.1, 0.15) is 0 Å². The maximum absolute atomic E-state index is 2.42. The van der Waals surface area contributed by atoms with E-state index in [1.54, 1.807) is 0 Å². The average Bonchev–Trinajstić information content (AvgIpc) is 3.29. The van der Waals surface area contributed by atoms with E-state index < -0.39 is 0 Å². The van der Waals surface area contributed by atoms with E-state index in [4.69, 9.17) is 0 Å². The standard InChI is InChI=1S/C56H37N/c1-3-16-41(17-4-1)55-52-23-12-11-22-49(52)50-34-30-44(37-53(50)56(55)42-18-5-2-6-19-42)39-26-31-45(32-27-39)57(46-33-28-38-14-7-8-20-43(38)36-46)54-25-13-24-48-47-21-10-9-15-40(47)29-35-51(48)54/h1-37H. The Bertz CT molecular complexity index is 3270. The second-order valence-electron chi connectivity index (χ2n) is 14.9. The zero-order chi connectivity index (χ0) is 37.7. The first-order chi connectivity index (χ1) is 28.3. The van der Waals surface area contributed by atoms with Gasteiger partial charge in [-0.3, -0.25) is 0 Å². The molecule has 0 saturated carbocycles. The van der Waals surface area contributed by atoms with Gasteiger partial charge < -0.3 is 4.90 Å². The Balaban J connectivity index is 1.10. The van der Waals surface area contributed by atoms with Crippen molar-refractivity contribution in [3.05, 3.63) is 224 Å². The summed E-state index contributed by atoms with van der Waals surface area (Å²) in [6.07, 6.45) is 0. The summed E-state index contributed by atoms with van der Waals surface area (Å²) in [5.74, 6) is 0. The van der Waals surface area contributed by atoms with E-state index in [1.165, 1.54) is 87.2 Å². The Morgan fingerprint density at radius 2 is 0.737 bits per heavy atom. The number of hydrogen-bond donors (Lipinski definition) is 0. The summed E-state index contributed by atoms with van der Waals surface area (Å²) in [4.78, 5) is 2.42. The molecule has 0 saturated heterocycles. The van der Waals surface area contributed by atoms with Gasteiger partial charge in [-0.15, -0.1) is 0 Å². The van der Waals surface area contributed by atoms with Crippen LogP contribution >= 0.6 is 0 Å². The van der Waals surface area contributed by atoms with Crippen molar-refractivity contribution in [2.24, 2.45) is 0 Å². The smallest absolute Gasteiger partial charge is 0.0540 e. The first-order valence-corrected chi connectivity index (χ1v) is 19.7. The number of benzene rings is 11. The quantitative estimate of drug-likeness (QED) is 0.154. The molecule has 0 unspecified atom stereocenters. The zero-order valence-electron chi connectivity index (χ0n) is 31.3. The van der Waals surface area contributed by atoms with Crippen molar-refractivity contribution in [1.29, 1.82) is 0 Å². The fraction of sp³-hybridized carbons (Fsp3) is 0. The Morgan fingerprint density at radius 1 is 0.228 bits per heavy atom. The van der Waals surface area contributed by atoms with Crippen LogP contribution in [0.4, 0.5) is 17.1 Å². The molecule has 0 amide bonds. The van der Waals surface area contributed by atoms with Gasteiger partial charge in [-0.25, -0.2) is 0 Å². The van der Waals surface area contributed by atoms with Crippen LogP contribution in [0.25, 0.3) is 87.2 Å². The molecule has 11 rings (SSSR count). The summed E-state index contributed by atoms with van der Waals surface area (Å²) < 4.78 is 0. The maximum Gasteiger partial charge on any atom is 0.0540 e. The van der Waals surface area contributed by atoms with Crippen LogP contribution in [0.5, 0.6) is 0 Å². The molecule has 0 atom stereocenters. The van der Waals surface area contributed by atoms with Gasteiger partial charge in [-0.1, -0.05) is 188 Å². The van der Waals surface area contributed by atoms with Crippen LogP contribution in [0.2, 0.25) is 0 Å². The summed E-state index contributed by atoms with van der Waals surface area (Å²) in [7, 11) is 0. The molecule has 11 aromatic rings. The van der Waals surface area contributed by atoms with Crippen molar-refractivity contribution in [2.45, 2.75) is 0 Å². The van der Waals surface area contributed by atoms with E-state index in [-0.39, 0.29) is 0 Å². The number of anilines is 3. The second kappa shape index (κ2) is 13.7. The highest BCUT2D eigenvalue weighted by Gasteiger charge is 2.20. The minimum absolute atomic E-state index is 1.11. The van der Waals surface area contributed by atoms with Gasteiger partial charge in [0.25, 0.3) is 0 Å². The minimum Gasteiger partial charge on any atom is -0.310 e. The summed E-state index contributed by atoms with van der Waals surface area (Å²) in [5, 5.41) is 12.5. The molecule has 0 aliphatic carbocycles. The highest BCUT2D eigenvalue weighted by molar-refractivity contribution is 6.22. The summed E-state index contributed by atoms with van der Waals surface area (Å²) >= 11 is 0. The number of hydrogen-bond acceptors (Lipinski definition) is 1. The van der Waals surface area contributed by atoms with Gasteiger partial charge in [-0.05, 0) is 118 Å². The summed E-state index contributed by atoms with van der Waals surface area (Å²) in [5.41, 5.74) is 10.7. The van der Waals surface area contributed by atoms with Gasteiger partial charge in [0.1, 0.15) is 0 Å². The molecule has 0 aliphatic heterocycles. The zero-order valence-corrected chi connectivity index (χ0v) is 31.3. The number of rotatable bonds is 6. The predicted octanol–water partition coefficient (Wildman–Crippen LogP) is 15.9. The monoisotopic (exact) mass is 723 g/mol. The van der Waals surface area contributed by atoms with Crippen molar-refractivity contribution in [2.75, 3.05) is 4.90 Å². The van der Waals surface area contributed by atoms with Crippen LogP contribution in [0.15, 0.2) is 224 Å². The summed E-state index contributed by atoms with van der Waals surface area (Å²) in [6, 6.07) is 82.1. The number of fused-ring (bicyclic) bond motifs is 7. The molecule has 266 valence electrons. The van der Waals surface area contributed by atoms with Crippen LogP contribution in [0.3, 0.4) is 0 Å². The molecule has 11 aromatic carbocycles. The van der Waals surface area contributed by atoms with Gasteiger partial charge in [0, 0.05) is 16.8 Å². The Morgan fingerprint density at radius 3 is 1.49 bits per heavy atom. The summed E-state index contributed by atoms with van der Waals surface area (Å²) in [6.45, 7) is 0. The van der Waals surface area contributed by atoms with Gasteiger partial charge in [0.2, 0.25) is 0 Å². The third kappa shape index (κ3) is 5.63. The first-order valence-electron chi connectivity index (χ1n) is 19.7. The van der Waals surface area contributed by atoms with Crippen LogP contribution in [-0.4, -0.2) is 0 Å². The maximum atomic E-state index is 2.42. The Hall–Kier alpha value is -7.48. The van der Waals surface area contributed by atoms with Crippen LogP contribution < -0.4 is 4.90 Å². The van der Waals surface area contributed by atoms with Crippen LogP contribution in [0, 0.1) is 0 Å². The van der Waals surface area contributed by atoms with E-state index in [0.717, 1.165) is 17.1 Å². The first kappa shape index (κ1) is 32.9. The molecule has 0 spiro atoms. The van der Waals surface area contributed by atoms with Gasteiger partial charge in [0.15, 0.2) is 0 Å². The van der Waals surface area contributed by atoms with Crippen molar-refractivity contribution in [3.63, 3.8) is 0 Å². The predicted molar refractivity (Wildman–Crippen MR) is 245 cm³/mol. The molecule has 0 bridgehead atoms. The number of nitrogens with zero attached hydrogens (tertiary/aromatic N) is 1. The van der Waals surface area contributed by atoms with E-state index in [0.29, 0.717) is 0 Å². The lowest BCUT2D eigenvalue weighted by atomic mass is 9.84. The van der Waals surface area contributed by atoms with Gasteiger partial charge in [-0.2, -0.15) is 0 Å². The van der Waals surface area contributed by atoms with E-state index in [1.807, 2.05) is 0 Å². The highest BCUT2D eigenvalue weighted by atomic mass is 15.1. The fourth-order valence-electron chi connectivity index (χ4n) is 8.94. The molecule has 0 radical (unpaired) electrons. The lowest BCUT2D eigenvalue weighted by Gasteiger charge is -2.27. The van der Waals surface area contributed by atoms with Crippen LogP contribution in [-0.2, 0) is 0 Å². The van der Waals surface area contributed by atoms with Gasteiger partial charge in [0.05, 0.1) is 5.69 Å². The van der Waals surface area contributed by atoms with Crippen molar-refractivity contribution in [3.8, 4) is 33.4 Å². The molecular weight excluding hydrogens is 687 g/mol. The molecule has 0 N–H and O–H groups in total. The topological polar surface area (TPSA) is 3.24 Å². The largest absolute Gasteiger partial charge is 0.310 e. The Kier molecular flexibility index (Phi) is 7.89. The molecule has 1 nitrogen and oxygen atoms in total. The van der Waals surface area contributed by atoms with Crippen molar-refractivity contribution in [1.82, 2.24) is 0 Å². The SMILES string of the molecule is c1ccc(-c2c(-c3ccccc3)c3cc(-c4ccc(N(c5ccc6ccccc6c5)c5cccc6c5ccc5ccccc56)cc4)ccc3c3ccccc23)cc1. The lowest BCUT2D eigenvalue weighted by Crippen LogP contribution is -2.10. The van der Waals surface area contributed by atoms with E-state index >= 15 is 0 Å². The van der Waals surface area contributed by atoms with Crippen molar-refractivity contribution >= 4 is 70.9 Å². The molecule has 0 aromatic heterocycles. The molecule has 1 heteroatoms. The molecular formula is C56H37N. The minimum atomic E-state index is 1.11. The lowest BCUT2D eigenvalue weighted by molar-refractivity contribution is 1.30. The molecule has 0 fully saturated rings. The average molecular weight is 724 g/mol. The van der Waals surface area contributed by atoms with E-state index in [9.17, 15) is 0 Å². The Labute approximate surface area is 332 Å². The second-order valence-corrected chi connectivity index (χ2v) is 14.9. The highest BCUT2D eigenvalue weighted by Crippen LogP contribution is 2.46. The van der Waals surface area contributed by atoms with E-state index in [2.05, 4.69) is 229 Å². The fourth-order valence-corrected chi connectivity index (χ4v) is 8.94. The third-order valence-corrected chi connectivity index (χ3v) is 11.6. The van der Waals surface area contributed by atoms with Crippen molar-refractivity contribution < 1.29 is 0 Å². The molecule has 57 heavy (non-hydrogen) atoms.